The maximum atomic E-state index is 5.73. The monoisotopic (exact) mass is 262 g/mol. The number of imidazole rings is 1. The quantitative estimate of drug-likeness (QED) is 0.505. The molecule has 0 atom stereocenters. The Morgan fingerprint density at radius 2 is 2.16 bits per heavy atom. The minimum atomic E-state index is 0.743. The van der Waals surface area contributed by atoms with Gasteiger partial charge in [-0.3, -0.25) is 0 Å². The highest BCUT2D eigenvalue weighted by molar-refractivity contribution is 5.80. The molecule has 0 aliphatic heterocycles. The van der Waals surface area contributed by atoms with Gasteiger partial charge in [-0.1, -0.05) is 13.3 Å². The maximum absolute atomic E-state index is 5.73. The van der Waals surface area contributed by atoms with Crippen LogP contribution >= 0.6 is 0 Å². The summed E-state index contributed by atoms with van der Waals surface area (Å²) in [6.07, 6.45) is 3.29. The van der Waals surface area contributed by atoms with Gasteiger partial charge in [-0.2, -0.15) is 0 Å². The van der Waals surface area contributed by atoms with Crippen molar-refractivity contribution in [2.24, 2.45) is 0 Å². The second-order valence-electron chi connectivity index (χ2n) is 4.61. The number of fused-ring (bicyclic) bond motifs is 1. The van der Waals surface area contributed by atoms with E-state index in [9.17, 15) is 0 Å². The number of hydrogen-bond acceptors (Lipinski definition) is 4. The average Bonchev–Trinajstić information content (AvgIpc) is 2.79. The zero-order valence-corrected chi connectivity index (χ0v) is 11.4. The molecule has 2 rings (SSSR count). The van der Waals surface area contributed by atoms with Crippen LogP contribution in [0.15, 0.2) is 18.2 Å². The van der Waals surface area contributed by atoms with Crippen LogP contribution in [0.1, 0.15) is 26.2 Å². The third-order valence-electron chi connectivity index (χ3n) is 2.91. The lowest BCUT2D eigenvalue weighted by molar-refractivity contribution is 0.131. The molecule has 0 radical (unpaired) electrons. The fraction of sp³-hybridized carbons (Fsp3) is 0.500. The summed E-state index contributed by atoms with van der Waals surface area (Å²) in [7, 11) is 0. The summed E-state index contributed by atoms with van der Waals surface area (Å²) in [5, 5.41) is 3.26. The molecule has 2 aromatic rings. The Morgan fingerprint density at radius 3 is 3.00 bits per heavy atom. The fourth-order valence-corrected chi connectivity index (χ4v) is 1.84. The van der Waals surface area contributed by atoms with E-state index in [4.69, 9.17) is 10.5 Å². The minimum absolute atomic E-state index is 0.743. The van der Waals surface area contributed by atoms with Crippen molar-refractivity contribution in [2.75, 3.05) is 30.8 Å². The largest absolute Gasteiger partial charge is 0.399 e. The van der Waals surface area contributed by atoms with Crippen molar-refractivity contribution in [1.82, 2.24) is 9.97 Å². The molecule has 0 saturated carbocycles. The van der Waals surface area contributed by atoms with Crippen molar-refractivity contribution in [1.29, 1.82) is 0 Å². The zero-order chi connectivity index (χ0) is 13.5. The Morgan fingerprint density at radius 1 is 1.32 bits per heavy atom. The summed E-state index contributed by atoms with van der Waals surface area (Å²) < 4.78 is 5.50. The van der Waals surface area contributed by atoms with Crippen LogP contribution in [0.2, 0.25) is 0 Å². The Hall–Kier alpha value is -1.75. The summed E-state index contributed by atoms with van der Waals surface area (Å²) in [4.78, 5) is 7.64. The van der Waals surface area contributed by atoms with E-state index in [1.807, 2.05) is 18.2 Å². The first-order valence-corrected chi connectivity index (χ1v) is 6.86. The van der Waals surface area contributed by atoms with E-state index in [0.717, 1.165) is 55.3 Å². The number of benzene rings is 1. The third kappa shape index (κ3) is 4.13. The highest BCUT2D eigenvalue weighted by Gasteiger charge is 2.01. The second kappa shape index (κ2) is 6.99. The van der Waals surface area contributed by atoms with Crippen LogP contribution in [0.3, 0.4) is 0 Å². The van der Waals surface area contributed by atoms with Gasteiger partial charge >= 0.3 is 0 Å². The van der Waals surface area contributed by atoms with Crippen LogP contribution in [0.5, 0.6) is 0 Å². The molecule has 1 aromatic heterocycles. The van der Waals surface area contributed by atoms with Gasteiger partial charge < -0.3 is 20.8 Å². The fourth-order valence-electron chi connectivity index (χ4n) is 1.84. The summed E-state index contributed by atoms with van der Waals surface area (Å²) in [6, 6.07) is 5.66. The smallest absolute Gasteiger partial charge is 0.201 e. The molecule has 0 bridgehead atoms. The number of aromatic amines is 1. The van der Waals surface area contributed by atoms with Gasteiger partial charge in [0.15, 0.2) is 0 Å². The van der Waals surface area contributed by atoms with E-state index in [1.54, 1.807) is 0 Å². The summed E-state index contributed by atoms with van der Waals surface area (Å²) in [5.74, 6) is 0.786. The molecule has 0 amide bonds. The summed E-state index contributed by atoms with van der Waals surface area (Å²) >= 11 is 0. The lowest BCUT2D eigenvalue weighted by atomic mass is 10.3. The molecule has 0 aliphatic rings. The number of nitrogens with two attached hydrogens (primary N) is 1. The van der Waals surface area contributed by atoms with Crippen LogP contribution in [0.4, 0.5) is 11.6 Å². The normalized spacial score (nSPS) is 11.0. The van der Waals surface area contributed by atoms with Gasteiger partial charge in [0.1, 0.15) is 0 Å². The standard InChI is InChI=1S/C14H22N4O/c1-2-3-8-19-9-4-7-16-14-17-12-6-5-11(15)10-13(12)18-14/h5-6,10H,2-4,7-9,15H2,1H3,(H2,16,17,18). The SMILES string of the molecule is CCCCOCCCNc1nc2ccc(N)cc2[nH]1. The predicted octanol–water partition coefficient (Wildman–Crippen LogP) is 2.76. The second-order valence-corrected chi connectivity index (χ2v) is 4.61. The predicted molar refractivity (Wildman–Crippen MR) is 79.3 cm³/mol. The molecular formula is C14H22N4O. The van der Waals surface area contributed by atoms with Gasteiger partial charge in [-0.15, -0.1) is 0 Å². The Labute approximate surface area is 113 Å². The number of nitrogens with zero attached hydrogens (tertiary/aromatic N) is 1. The molecule has 0 unspecified atom stereocenters. The number of H-pyrrole nitrogens is 1. The van der Waals surface area contributed by atoms with Crippen molar-refractivity contribution in [2.45, 2.75) is 26.2 Å². The first-order valence-electron chi connectivity index (χ1n) is 6.86. The summed E-state index contributed by atoms with van der Waals surface area (Å²) in [5.41, 5.74) is 8.36. The Balaban J connectivity index is 1.72. The number of nitrogens with one attached hydrogen (secondary N) is 2. The Kier molecular flexibility index (Phi) is 5.03. The van der Waals surface area contributed by atoms with E-state index in [-0.39, 0.29) is 0 Å². The molecule has 5 nitrogen and oxygen atoms in total. The Bertz CT molecular complexity index is 509. The first-order chi connectivity index (χ1) is 9.29. The lowest BCUT2D eigenvalue weighted by Crippen LogP contribution is -2.07. The van der Waals surface area contributed by atoms with Crippen molar-refractivity contribution >= 4 is 22.7 Å². The van der Waals surface area contributed by atoms with Crippen LogP contribution in [0.25, 0.3) is 11.0 Å². The van der Waals surface area contributed by atoms with Gasteiger partial charge in [0, 0.05) is 25.4 Å². The van der Waals surface area contributed by atoms with Gasteiger partial charge in [0.25, 0.3) is 0 Å². The number of ether oxygens (including phenoxy) is 1. The van der Waals surface area contributed by atoms with E-state index >= 15 is 0 Å². The zero-order valence-electron chi connectivity index (χ0n) is 11.4. The third-order valence-corrected chi connectivity index (χ3v) is 2.91. The minimum Gasteiger partial charge on any atom is -0.399 e. The van der Waals surface area contributed by atoms with Gasteiger partial charge in [0.2, 0.25) is 5.95 Å². The highest BCUT2D eigenvalue weighted by atomic mass is 16.5. The molecule has 19 heavy (non-hydrogen) atoms. The number of unbranched alkanes of at least 4 members (excludes halogenated alkanes) is 1. The molecule has 0 saturated heterocycles. The molecular weight excluding hydrogens is 240 g/mol. The first kappa shape index (κ1) is 13.7. The van der Waals surface area contributed by atoms with Crippen LogP contribution in [0, 0.1) is 0 Å². The molecule has 4 N–H and O–H groups in total. The van der Waals surface area contributed by atoms with Crippen molar-refractivity contribution in [3.63, 3.8) is 0 Å². The summed E-state index contributed by atoms with van der Waals surface area (Å²) in [6.45, 7) is 4.67. The number of nitrogen functional groups attached to an aromatic ring is 1. The molecule has 5 heteroatoms. The molecule has 0 fully saturated rings. The van der Waals surface area contributed by atoms with Crippen LogP contribution in [-0.4, -0.2) is 29.7 Å². The lowest BCUT2D eigenvalue weighted by Gasteiger charge is -2.04. The highest BCUT2D eigenvalue weighted by Crippen LogP contribution is 2.16. The maximum Gasteiger partial charge on any atom is 0.201 e. The van der Waals surface area contributed by atoms with E-state index in [2.05, 4.69) is 22.2 Å². The van der Waals surface area contributed by atoms with Gasteiger partial charge in [0.05, 0.1) is 11.0 Å². The molecule has 0 spiro atoms. The average molecular weight is 262 g/mol. The molecule has 0 aliphatic carbocycles. The van der Waals surface area contributed by atoms with Crippen molar-refractivity contribution in [3.05, 3.63) is 18.2 Å². The topological polar surface area (TPSA) is 76.0 Å². The van der Waals surface area contributed by atoms with Gasteiger partial charge in [-0.25, -0.2) is 4.98 Å². The molecule has 104 valence electrons. The van der Waals surface area contributed by atoms with Crippen molar-refractivity contribution in [3.8, 4) is 0 Å². The van der Waals surface area contributed by atoms with E-state index < -0.39 is 0 Å². The number of rotatable bonds is 8. The number of hydrogen-bond donors (Lipinski definition) is 3. The molecule has 1 aromatic carbocycles. The number of aromatic nitrogens is 2. The van der Waals surface area contributed by atoms with Gasteiger partial charge in [-0.05, 0) is 31.0 Å². The van der Waals surface area contributed by atoms with Crippen LogP contribution in [-0.2, 0) is 4.74 Å². The number of anilines is 2. The van der Waals surface area contributed by atoms with Crippen molar-refractivity contribution < 1.29 is 4.74 Å². The van der Waals surface area contributed by atoms with E-state index in [0.29, 0.717) is 0 Å². The van der Waals surface area contributed by atoms with E-state index in [1.165, 1.54) is 6.42 Å². The van der Waals surface area contributed by atoms with Crippen LogP contribution < -0.4 is 11.1 Å². The molecule has 1 heterocycles.